The Balaban J connectivity index is 2.14. The second kappa shape index (κ2) is 5.67. The molecule has 0 radical (unpaired) electrons. The Kier molecular flexibility index (Phi) is 3.97. The Morgan fingerprint density at radius 1 is 1.21 bits per heavy atom. The maximum Gasteiger partial charge on any atom is 0.325 e. The number of carboxylic acids is 1. The van der Waals surface area contributed by atoms with Crippen molar-refractivity contribution in [2.75, 3.05) is 5.32 Å². The van der Waals surface area contributed by atoms with Gasteiger partial charge in [0.1, 0.15) is 11.9 Å². The Morgan fingerprint density at radius 2 is 1.89 bits per heavy atom. The van der Waals surface area contributed by atoms with Crippen LogP contribution < -0.4 is 5.32 Å². The van der Waals surface area contributed by atoms with E-state index in [0.717, 1.165) is 5.56 Å². The molecule has 0 saturated heterocycles. The minimum atomic E-state index is -0.941. The van der Waals surface area contributed by atoms with Gasteiger partial charge in [-0.05, 0) is 31.2 Å². The molecule has 0 spiro atoms. The summed E-state index contributed by atoms with van der Waals surface area (Å²) in [5.41, 5.74) is 1.60. The molecule has 1 heterocycles. The first-order valence-corrected chi connectivity index (χ1v) is 6.03. The van der Waals surface area contributed by atoms with Crippen molar-refractivity contribution in [3.8, 4) is 11.3 Å². The van der Waals surface area contributed by atoms with Crippen LogP contribution in [0, 0.1) is 0 Å². The maximum atomic E-state index is 10.7. The van der Waals surface area contributed by atoms with Crippen molar-refractivity contribution >= 4 is 23.4 Å². The molecule has 0 aliphatic carbocycles. The van der Waals surface area contributed by atoms with Crippen molar-refractivity contribution < 1.29 is 9.90 Å². The molecule has 0 aliphatic rings. The van der Waals surface area contributed by atoms with E-state index in [4.69, 9.17) is 16.7 Å². The lowest BCUT2D eigenvalue weighted by Crippen LogP contribution is -2.25. The van der Waals surface area contributed by atoms with E-state index in [2.05, 4.69) is 15.5 Å². The van der Waals surface area contributed by atoms with Gasteiger partial charge in [0, 0.05) is 10.6 Å². The largest absolute Gasteiger partial charge is 0.480 e. The summed E-state index contributed by atoms with van der Waals surface area (Å²) >= 11 is 5.81. The van der Waals surface area contributed by atoms with Crippen LogP contribution in [0.1, 0.15) is 6.92 Å². The third kappa shape index (κ3) is 3.42. The number of nitrogens with zero attached hydrogens (tertiary/aromatic N) is 2. The summed E-state index contributed by atoms with van der Waals surface area (Å²) < 4.78 is 0. The number of benzene rings is 1. The fraction of sp³-hybridized carbons (Fsp3) is 0.154. The van der Waals surface area contributed by atoms with Crippen LogP contribution in [-0.2, 0) is 4.79 Å². The lowest BCUT2D eigenvalue weighted by atomic mass is 10.1. The number of rotatable bonds is 4. The standard InChI is InChI=1S/C13H12ClN3O2/c1-8(13(18)19)15-12-7-6-11(16-17-12)9-2-4-10(14)5-3-9/h2-8H,1H3,(H,15,17)(H,18,19). The predicted molar refractivity (Wildman–Crippen MR) is 73.2 cm³/mol. The molecule has 0 saturated carbocycles. The molecule has 5 nitrogen and oxygen atoms in total. The highest BCUT2D eigenvalue weighted by molar-refractivity contribution is 6.30. The molecule has 19 heavy (non-hydrogen) atoms. The van der Waals surface area contributed by atoms with Gasteiger partial charge in [-0.15, -0.1) is 10.2 Å². The predicted octanol–water partition coefficient (Wildman–Crippen LogP) is 2.68. The van der Waals surface area contributed by atoms with Gasteiger partial charge in [-0.2, -0.15) is 0 Å². The first-order chi connectivity index (χ1) is 9.06. The Labute approximate surface area is 115 Å². The zero-order chi connectivity index (χ0) is 13.8. The normalized spacial score (nSPS) is 11.9. The molecule has 1 atom stereocenters. The third-order valence-corrected chi connectivity index (χ3v) is 2.79. The summed E-state index contributed by atoms with van der Waals surface area (Å²) in [5.74, 6) is -0.517. The van der Waals surface area contributed by atoms with Crippen LogP contribution in [-0.4, -0.2) is 27.3 Å². The number of carbonyl (C=O) groups is 1. The van der Waals surface area contributed by atoms with E-state index in [0.29, 0.717) is 16.5 Å². The summed E-state index contributed by atoms with van der Waals surface area (Å²) in [7, 11) is 0. The second-order valence-corrected chi connectivity index (χ2v) is 4.45. The SMILES string of the molecule is CC(Nc1ccc(-c2ccc(Cl)cc2)nn1)C(=O)O. The van der Waals surface area contributed by atoms with Gasteiger partial charge in [0.2, 0.25) is 0 Å². The minimum absolute atomic E-state index is 0.424. The molecule has 1 aromatic heterocycles. The molecule has 98 valence electrons. The van der Waals surface area contributed by atoms with Gasteiger partial charge in [0.15, 0.2) is 0 Å². The third-order valence-electron chi connectivity index (χ3n) is 2.54. The number of anilines is 1. The van der Waals surface area contributed by atoms with Crippen molar-refractivity contribution in [2.45, 2.75) is 13.0 Å². The molecule has 2 rings (SSSR count). The van der Waals surface area contributed by atoms with Crippen molar-refractivity contribution in [1.82, 2.24) is 10.2 Å². The molecule has 1 aromatic carbocycles. The van der Waals surface area contributed by atoms with Crippen LogP contribution in [0.2, 0.25) is 5.02 Å². The van der Waals surface area contributed by atoms with Gasteiger partial charge < -0.3 is 10.4 Å². The average molecular weight is 278 g/mol. The van der Waals surface area contributed by atoms with E-state index in [1.807, 2.05) is 12.1 Å². The fourth-order valence-corrected chi connectivity index (χ4v) is 1.59. The van der Waals surface area contributed by atoms with Crippen LogP contribution >= 0.6 is 11.6 Å². The number of carboxylic acid groups (broad SMARTS) is 1. The van der Waals surface area contributed by atoms with Crippen molar-refractivity contribution in [1.29, 1.82) is 0 Å². The van der Waals surface area contributed by atoms with Crippen LogP contribution in [0.25, 0.3) is 11.3 Å². The molecule has 0 bridgehead atoms. The van der Waals surface area contributed by atoms with Gasteiger partial charge >= 0.3 is 5.97 Å². The van der Waals surface area contributed by atoms with Crippen LogP contribution in [0.3, 0.4) is 0 Å². The number of aromatic nitrogens is 2. The average Bonchev–Trinajstić information content (AvgIpc) is 2.40. The number of hydrogen-bond donors (Lipinski definition) is 2. The lowest BCUT2D eigenvalue weighted by molar-refractivity contribution is -0.137. The first-order valence-electron chi connectivity index (χ1n) is 5.65. The number of hydrogen-bond acceptors (Lipinski definition) is 4. The first kappa shape index (κ1) is 13.3. The molecule has 6 heteroatoms. The van der Waals surface area contributed by atoms with E-state index in [-0.39, 0.29) is 0 Å². The van der Waals surface area contributed by atoms with E-state index in [1.165, 1.54) is 6.92 Å². The van der Waals surface area contributed by atoms with Crippen LogP contribution in [0.4, 0.5) is 5.82 Å². The van der Waals surface area contributed by atoms with E-state index in [9.17, 15) is 4.79 Å². The molecule has 0 aliphatic heterocycles. The summed E-state index contributed by atoms with van der Waals surface area (Å²) in [5, 5.41) is 20.2. The highest BCUT2D eigenvalue weighted by atomic mass is 35.5. The molecule has 0 fully saturated rings. The lowest BCUT2D eigenvalue weighted by Gasteiger charge is -2.09. The molecule has 2 aromatic rings. The van der Waals surface area contributed by atoms with Crippen molar-refractivity contribution in [3.63, 3.8) is 0 Å². The molecule has 0 amide bonds. The van der Waals surface area contributed by atoms with Crippen molar-refractivity contribution in [2.24, 2.45) is 0 Å². The smallest absolute Gasteiger partial charge is 0.325 e. The zero-order valence-corrected chi connectivity index (χ0v) is 10.9. The summed E-state index contributed by atoms with van der Waals surface area (Å²) in [6.07, 6.45) is 0. The highest BCUT2D eigenvalue weighted by Crippen LogP contribution is 2.19. The number of nitrogens with one attached hydrogen (secondary N) is 1. The summed E-state index contributed by atoms with van der Waals surface area (Å²) in [4.78, 5) is 10.7. The van der Waals surface area contributed by atoms with E-state index in [1.54, 1.807) is 24.3 Å². The molecular weight excluding hydrogens is 266 g/mol. The summed E-state index contributed by atoms with van der Waals surface area (Å²) in [6, 6.07) is 9.99. The van der Waals surface area contributed by atoms with Crippen molar-refractivity contribution in [3.05, 3.63) is 41.4 Å². The second-order valence-electron chi connectivity index (χ2n) is 4.01. The van der Waals surface area contributed by atoms with Crippen LogP contribution in [0.5, 0.6) is 0 Å². The Morgan fingerprint density at radius 3 is 2.42 bits per heavy atom. The number of halogens is 1. The van der Waals surface area contributed by atoms with Crippen LogP contribution in [0.15, 0.2) is 36.4 Å². The quantitative estimate of drug-likeness (QED) is 0.899. The van der Waals surface area contributed by atoms with Gasteiger partial charge in [-0.25, -0.2) is 0 Å². The van der Waals surface area contributed by atoms with Gasteiger partial charge in [0.25, 0.3) is 0 Å². The fourth-order valence-electron chi connectivity index (χ4n) is 1.47. The molecule has 1 unspecified atom stereocenters. The molecular formula is C13H12ClN3O2. The van der Waals surface area contributed by atoms with E-state index < -0.39 is 12.0 Å². The van der Waals surface area contributed by atoms with Gasteiger partial charge in [-0.3, -0.25) is 4.79 Å². The maximum absolute atomic E-state index is 10.7. The minimum Gasteiger partial charge on any atom is -0.480 e. The Hall–Kier alpha value is -2.14. The summed E-state index contributed by atoms with van der Waals surface area (Å²) in [6.45, 7) is 1.54. The Bertz CT molecular complexity index is 569. The highest BCUT2D eigenvalue weighted by Gasteiger charge is 2.11. The topological polar surface area (TPSA) is 75.1 Å². The van der Waals surface area contributed by atoms with Gasteiger partial charge in [0.05, 0.1) is 5.69 Å². The molecule has 2 N–H and O–H groups in total. The van der Waals surface area contributed by atoms with E-state index >= 15 is 0 Å². The number of aliphatic carboxylic acids is 1. The van der Waals surface area contributed by atoms with Gasteiger partial charge in [-0.1, -0.05) is 23.7 Å². The zero-order valence-electron chi connectivity index (χ0n) is 10.2. The monoisotopic (exact) mass is 277 g/mol.